The molecule has 2 aliphatic heterocycles. The van der Waals surface area contributed by atoms with Crippen molar-refractivity contribution in [2.45, 2.75) is 30.9 Å². The topological polar surface area (TPSA) is 37.7 Å². The van der Waals surface area contributed by atoms with Gasteiger partial charge in [0.15, 0.2) is 5.11 Å². The van der Waals surface area contributed by atoms with Gasteiger partial charge in [-0.25, -0.2) is 0 Å². The minimum absolute atomic E-state index is 0.0755. The van der Waals surface area contributed by atoms with Crippen LogP contribution in [-0.2, 0) is 0 Å². The zero-order chi connectivity index (χ0) is 18.0. The van der Waals surface area contributed by atoms with Crippen molar-refractivity contribution in [3.05, 3.63) is 60.2 Å². The van der Waals surface area contributed by atoms with Gasteiger partial charge in [-0.3, -0.25) is 0 Å². The summed E-state index contributed by atoms with van der Waals surface area (Å²) < 4.78 is 6.52. The zero-order valence-corrected chi connectivity index (χ0v) is 15.9. The van der Waals surface area contributed by atoms with Crippen molar-refractivity contribution in [1.29, 1.82) is 0 Å². The van der Waals surface area contributed by atoms with Crippen molar-refractivity contribution in [2.75, 3.05) is 25.5 Å². The molecule has 2 aliphatic rings. The first-order valence-corrected chi connectivity index (χ1v) is 9.76. The summed E-state index contributed by atoms with van der Waals surface area (Å²) in [6.45, 7) is 2.31. The minimum Gasteiger partial charge on any atom is -0.486 e. The fourth-order valence-electron chi connectivity index (χ4n) is 4.03. The van der Waals surface area contributed by atoms with Crippen LogP contribution in [0.4, 0.5) is 5.69 Å². The molecule has 1 spiro atoms. The number of hydrogen-bond acceptors (Lipinski definition) is 2. The predicted octanol–water partition coefficient (Wildman–Crippen LogP) is 2.54. The number of benzene rings is 2. The summed E-state index contributed by atoms with van der Waals surface area (Å²) in [6, 6.07) is 18.6. The van der Waals surface area contributed by atoms with Gasteiger partial charge in [0.05, 0.1) is 26.2 Å². The molecule has 136 valence electrons. The van der Waals surface area contributed by atoms with Crippen LogP contribution in [0.2, 0.25) is 0 Å². The summed E-state index contributed by atoms with van der Waals surface area (Å²) in [7, 11) is 2.26. The number of para-hydroxylation sites is 2. The molecule has 0 saturated carbocycles. The molecular formula is C21H26N3OS+. The van der Waals surface area contributed by atoms with Crippen LogP contribution >= 0.6 is 12.2 Å². The summed E-state index contributed by atoms with van der Waals surface area (Å²) in [5.74, 6) is 0.998. The molecule has 0 unspecified atom stereocenters. The van der Waals surface area contributed by atoms with Crippen molar-refractivity contribution in [1.82, 2.24) is 5.32 Å². The molecule has 2 aromatic carbocycles. The predicted molar refractivity (Wildman–Crippen MR) is 109 cm³/mol. The molecular weight excluding hydrogens is 342 g/mol. The SMILES string of the molecule is C[NH+]1CCC2(CC1)C[C@@H](NC(=S)Nc1ccccc1)c1ccccc1O2. The number of piperidine rings is 1. The average molecular weight is 369 g/mol. The van der Waals surface area contributed by atoms with Gasteiger partial charge in [0, 0.05) is 30.5 Å². The van der Waals surface area contributed by atoms with Gasteiger partial charge in [0.25, 0.3) is 0 Å². The first kappa shape index (κ1) is 17.3. The maximum atomic E-state index is 6.52. The van der Waals surface area contributed by atoms with E-state index in [1.54, 1.807) is 4.90 Å². The zero-order valence-electron chi connectivity index (χ0n) is 15.1. The van der Waals surface area contributed by atoms with Crippen LogP contribution in [0.3, 0.4) is 0 Å². The van der Waals surface area contributed by atoms with Gasteiger partial charge >= 0.3 is 0 Å². The van der Waals surface area contributed by atoms with E-state index in [4.69, 9.17) is 17.0 Å². The fourth-order valence-corrected chi connectivity index (χ4v) is 4.29. The van der Waals surface area contributed by atoms with Gasteiger partial charge in [-0.1, -0.05) is 36.4 Å². The summed E-state index contributed by atoms with van der Waals surface area (Å²) in [4.78, 5) is 1.59. The monoisotopic (exact) mass is 368 g/mol. The van der Waals surface area contributed by atoms with Crippen LogP contribution in [0.5, 0.6) is 5.75 Å². The molecule has 4 rings (SSSR count). The normalized spacial score (nSPS) is 27.3. The molecule has 0 aliphatic carbocycles. The molecule has 0 bridgehead atoms. The number of nitrogens with one attached hydrogen (secondary N) is 3. The van der Waals surface area contributed by atoms with Crippen LogP contribution in [0, 0.1) is 0 Å². The first-order chi connectivity index (χ1) is 12.6. The molecule has 2 aromatic rings. The van der Waals surface area contributed by atoms with Crippen molar-refractivity contribution in [3.8, 4) is 5.75 Å². The summed E-state index contributed by atoms with van der Waals surface area (Å²) >= 11 is 5.59. The molecule has 26 heavy (non-hydrogen) atoms. The lowest BCUT2D eigenvalue weighted by atomic mass is 9.80. The average Bonchev–Trinajstić information content (AvgIpc) is 2.65. The van der Waals surface area contributed by atoms with E-state index in [1.165, 1.54) is 5.56 Å². The van der Waals surface area contributed by atoms with Gasteiger partial charge in [-0.05, 0) is 30.4 Å². The summed E-state index contributed by atoms with van der Waals surface area (Å²) in [6.07, 6.45) is 3.13. The molecule has 1 saturated heterocycles. The highest BCUT2D eigenvalue weighted by Crippen LogP contribution is 2.42. The standard InChI is InChI=1S/C21H25N3OS/c1-24-13-11-21(12-14-24)15-18(17-9-5-6-10-19(17)25-21)23-20(26)22-16-7-3-2-4-8-16/h2-10,18H,11-15H2,1H3,(H2,22,23,26)/p+1/t18-/m1/s1. The number of anilines is 1. The van der Waals surface area contributed by atoms with E-state index < -0.39 is 0 Å². The summed E-state index contributed by atoms with van der Waals surface area (Å²) in [5, 5.41) is 7.49. The Labute approximate surface area is 160 Å². The highest BCUT2D eigenvalue weighted by atomic mass is 32.1. The van der Waals surface area contributed by atoms with E-state index in [1.807, 2.05) is 30.3 Å². The largest absolute Gasteiger partial charge is 0.486 e. The number of thiocarbonyl (C=S) groups is 1. The van der Waals surface area contributed by atoms with E-state index in [-0.39, 0.29) is 11.6 Å². The van der Waals surface area contributed by atoms with Crippen LogP contribution in [0.1, 0.15) is 30.9 Å². The van der Waals surface area contributed by atoms with E-state index in [0.29, 0.717) is 5.11 Å². The highest BCUT2D eigenvalue weighted by Gasteiger charge is 2.44. The minimum atomic E-state index is -0.0755. The van der Waals surface area contributed by atoms with Crippen molar-refractivity contribution in [3.63, 3.8) is 0 Å². The quantitative estimate of drug-likeness (QED) is 0.713. The molecule has 3 N–H and O–H groups in total. The van der Waals surface area contributed by atoms with Gasteiger partial charge in [-0.2, -0.15) is 0 Å². The fraction of sp³-hybridized carbons (Fsp3) is 0.381. The molecule has 0 aromatic heterocycles. The molecule has 1 fully saturated rings. The van der Waals surface area contributed by atoms with E-state index in [9.17, 15) is 0 Å². The van der Waals surface area contributed by atoms with E-state index >= 15 is 0 Å². The van der Waals surface area contributed by atoms with Crippen LogP contribution < -0.4 is 20.3 Å². The van der Waals surface area contributed by atoms with Gasteiger partial charge in [-0.15, -0.1) is 0 Å². The number of hydrogen-bond donors (Lipinski definition) is 3. The van der Waals surface area contributed by atoms with E-state index in [0.717, 1.165) is 43.8 Å². The Bertz CT molecular complexity index is 772. The Hall–Kier alpha value is -2.11. The molecule has 4 nitrogen and oxygen atoms in total. The molecule has 2 heterocycles. The lowest BCUT2D eigenvalue weighted by Crippen LogP contribution is -3.10. The van der Waals surface area contributed by atoms with Crippen LogP contribution in [0.15, 0.2) is 54.6 Å². The van der Waals surface area contributed by atoms with Crippen molar-refractivity contribution < 1.29 is 9.64 Å². The first-order valence-electron chi connectivity index (χ1n) is 9.35. The van der Waals surface area contributed by atoms with Crippen LogP contribution in [-0.4, -0.2) is 30.9 Å². The second-order valence-electron chi connectivity index (χ2n) is 7.50. The van der Waals surface area contributed by atoms with Crippen molar-refractivity contribution >= 4 is 23.0 Å². The highest BCUT2D eigenvalue weighted by molar-refractivity contribution is 7.80. The molecule has 1 atom stereocenters. The molecule has 5 heteroatoms. The van der Waals surface area contributed by atoms with Gasteiger partial charge in [0.2, 0.25) is 0 Å². The lowest BCUT2D eigenvalue weighted by Gasteiger charge is -2.45. The maximum absolute atomic E-state index is 6.52. The van der Waals surface area contributed by atoms with E-state index in [2.05, 4.69) is 41.9 Å². The molecule has 0 radical (unpaired) electrons. The third kappa shape index (κ3) is 3.69. The third-order valence-corrected chi connectivity index (χ3v) is 5.77. The lowest BCUT2D eigenvalue weighted by molar-refractivity contribution is -0.887. The Morgan fingerprint density at radius 1 is 1.08 bits per heavy atom. The van der Waals surface area contributed by atoms with Gasteiger partial charge in [0.1, 0.15) is 11.4 Å². The second kappa shape index (κ2) is 7.25. The Morgan fingerprint density at radius 3 is 2.54 bits per heavy atom. The van der Waals surface area contributed by atoms with Crippen LogP contribution in [0.25, 0.3) is 0 Å². The summed E-state index contributed by atoms with van der Waals surface area (Å²) in [5.41, 5.74) is 2.12. The van der Waals surface area contributed by atoms with Crippen molar-refractivity contribution in [2.24, 2.45) is 0 Å². The number of likely N-dealkylation sites (tertiary alicyclic amines) is 1. The smallest absolute Gasteiger partial charge is 0.171 e. The maximum Gasteiger partial charge on any atom is 0.171 e. The molecule has 0 amide bonds. The Balaban J connectivity index is 1.53. The van der Waals surface area contributed by atoms with Gasteiger partial charge < -0.3 is 20.3 Å². The Morgan fingerprint density at radius 2 is 1.77 bits per heavy atom. The number of quaternary nitrogens is 1. The second-order valence-corrected chi connectivity index (χ2v) is 7.91. The number of rotatable bonds is 2. The number of fused-ring (bicyclic) bond motifs is 1. The Kier molecular flexibility index (Phi) is 4.83. The third-order valence-electron chi connectivity index (χ3n) is 5.55. The number of ether oxygens (including phenoxy) is 1.